The molecule has 0 spiro atoms. The number of aromatic nitrogens is 2. The number of carbonyl (C=O) groups excluding carboxylic acids is 1. The minimum absolute atomic E-state index is 0.0568. The maximum atomic E-state index is 12.3. The number of hydrogen-bond donors (Lipinski definition) is 0. The number of anilines is 1. The predicted molar refractivity (Wildman–Crippen MR) is 81.1 cm³/mol. The zero-order chi connectivity index (χ0) is 15.7. The maximum absolute atomic E-state index is 12.3. The maximum Gasteiger partial charge on any atom is 0.232 e. The van der Waals surface area contributed by atoms with Gasteiger partial charge in [-0.25, -0.2) is 0 Å². The Labute approximate surface area is 129 Å². The lowest BCUT2D eigenvalue weighted by Crippen LogP contribution is -2.24. The predicted octanol–water partition coefficient (Wildman–Crippen LogP) is 2.72. The van der Waals surface area contributed by atoms with E-state index < -0.39 is 0 Å². The van der Waals surface area contributed by atoms with Gasteiger partial charge < -0.3 is 14.2 Å². The third kappa shape index (κ3) is 2.68. The Morgan fingerprint density at radius 2 is 2.23 bits per heavy atom. The van der Waals surface area contributed by atoms with Crippen molar-refractivity contribution in [3.05, 3.63) is 36.0 Å². The van der Waals surface area contributed by atoms with Gasteiger partial charge in [0, 0.05) is 30.6 Å². The molecule has 2 aromatic rings. The first-order valence-electron chi connectivity index (χ1n) is 7.36. The summed E-state index contributed by atoms with van der Waals surface area (Å²) in [5.41, 5.74) is 0.829. The summed E-state index contributed by atoms with van der Waals surface area (Å²) >= 11 is 0. The van der Waals surface area contributed by atoms with Gasteiger partial charge in [-0.15, -0.1) is 0 Å². The average molecular weight is 301 g/mol. The van der Waals surface area contributed by atoms with E-state index in [0.29, 0.717) is 24.7 Å². The lowest BCUT2D eigenvalue weighted by Gasteiger charge is -2.16. The molecule has 22 heavy (non-hydrogen) atoms. The summed E-state index contributed by atoms with van der Waals surface area (Å²) in [5, 5.41) is 3.97. The number of rotatable bonds is 4. The van der Waals surface area contributed by atoms with Gasteiger partial charge >= 0.3 is 0 Å². The van der Waals surface area contributed by atoms with Crippen LogP contribution in [-0.2, 0) is 4.79 Å². The number of methoxy groups -OCH3 is 1. The summed E-state index contributed by atoms with van der Waals surface area (Å²) < 4.78 is 10.5. The lowest BCUT2D eigenvalue weighted by atomic mass is 10.1. The topological polar surface area (TPSA) is 68.5 Å². The van der Waals surface area contributed by atoms with E-state index in [1.807, 2.05) is 38.1 Å². The Kier molecular flexibility index (Phi) is 3.83. The minimum atomic E-state index is -0.0568. The monoisotopic (exact) mass is 301 g/mol. The number of benzene rings is 1. The molecule has 1 aliphatic rings. The highest BCUT2D eigenvalue weighted by molar-refractivity contribution is 5.96. The van der Waals surface area contributed by atoms with Gasteiger partial charge in [0.05, 0.1) is 13.0 Å². The fourth-order valence-electron chi connectivity index (χ4n) is 2.55. The highest BCUT2D eigenvalue weighted by atomic mass is 16.5. The summed E-state index contributed by atoms with van der Waals surface area (Å²) in [4.78, 5) is 18.4. The Hall–Kier alpha value is -2.37. The van der Waals surface area contributed by atoms with Gasteiger partial charge in [0.15, 0.2) is 5.82 Å². The normalized spacial score (nSPS) is 18.3. The second-order valence-electron chi connectivity index (χ2n) is 5.75. The standard InChI is InChI=1S/C16H19N3O3/c1-10(2)15-17-16(22-18-15)11-7-14(20)19(9-11)12-5-4-6-13(8-12)21-3/h4-6,8,10-11H,7,9H2,1-3H3. The van der Waals surface area contributed by atoms with Gasteiger partial charge in [-0.3, -0.25) is 4.79 Å². The van der Waals surface area contributed by atoms with Crippen LogP contribution in [0.2, 0.25) is 0 Å². The third-order valence-electron chi connectivity index (χ3n) is 3.81. The zero-order valence-electron chi connectivity index (χ0n) is 12.9. The second-order valence-corrected chi connectivity index (χ2v) is 5.75. The first-order chi connectivity index (χ1) is 10.6. The summed E-state index contributed by atoms with van der Waals surface area (Å²) in [5.74, 6) is 2.17. The molecule has 6 heteroatoms. The van der Waals surface area contributed by atoms with E-state index in [4.69, 9.17) is 9.26 Å². The van der Waals surface area contributed by atoms with Crippen molar-refractivity contribution in [3.8, 4) is 5.75 Å². The van der Waals surface area contributed by atoms with Crippen LogP contribution in [0.5, 0.6) is 5.75 Å². The Morgan fingerprint density at radius 1 is 1.41 bits per heavy atom. The molecule has 3 rings (SSSR count). The van der Waals surface area contributed by atoms with E-state index in [-0.39, 0.29) is 17.7 Å². The van der Waals surface area contributed by atoms with E-state index in [2.05, 4.69) is 10.1 Å². The quantitative estimate of drug-likeness (QED) is 0.868. The molecular formula is C16H19N3O3. The number of nitrogens with zero attached hydrogens (tertiary/aromatic N) is 3. The Balaban J connectivity index is 1.80. The summed E-state index contributed by atoms with van der Waals surface area (Å²) in [7, 11) is 1.61. The molecule has 1 amide bonds. The first-order valence-corrected chi connectivity index (χ1v) is 7.36. The molecule has 1 unspecified atom stereocenters. The molecule has 1 aliphatic heterocycles. The van der Waals surface area contributed by atoms with E-state index in [1.165, 1.54) is 0 Å². The molecule has 1 fully saturated rings. The van der Waals surface area contributed by atoms with Gasteiger partial charge in [-0.2, -0.15) is 4.98 Å². The van der Waals surface area contributed by atoms with E-state index in [1.54, 1.807) is 12.0 Å². The van der Waals surface area contributed by atoms with Crippen molar-refractivity contribution in [1.29, 1.82) is 0 Å². The molecule has 116 valence electrons. The van der Waals surface area contributed by atoms with Crippen molar-refractivity contribution in [2.45, 2.75) is 32.1 Å². The Morgan fingerprint density at radius 3 is 2.91 bits per heavy atom. The fourth-order valence-corrected chi connectivity index (χ4v) is 2.55. The smallest absolute Gasteiger partial charge is 0.232 e. The molecule has 1 aromatic carbocycles. The molecule has 0 N–H and O–H groups in total. The van der Waals surface area contributed by atoms with Gasteiger partial charge in [0.2, 0.25) is 11.8 Å². The van der Waals surface area contributed by atoms with E-state index in [9.17, 15) is 4.79 Å². The van der Waals surface area contributed by atoms with Gasteiger partial charge in [-0.05, 0) is 12.1 Å². The van der Waals surface area contributed by atoms with Gasteiger partial charge in [-0.1, -0.05) is 25.1 Å². The van der Waals surface area contributed by atoms with E-state index in [0.717, 1.165) is 11.4 Å². The van der Waals surface area contributed by atoms with Crippen molar-refractivity contribution in [3.63, 3.8) is 0 Å². The molecule has 6 nitrogen and oxygen atoms in total. The van der Waals surface area contributed by atoms with E-state index >= 15 is 0 Å². The number of ether oxygens (including phenoxy) is 1. The highest BCUT2D eigenvalue weighted by Gasteiger charge is 2.35. The molecule has 0 saturated carbocycles. The van der Waals surface area contributed by atoms with Gasteiger partial charge in [0.25, 0.3) is 0 Å². The molecule has 0 aliphatic carbocycles. The average Bonchev–Trinajstić information content (AvgIpc) is 3.14. The SMILES string of the molecule is COc1cccc(N2CC(c3nc(C(C)C)no3)CC2=O)c1. The van der Waals surface area contributed by atoms with Crippen LogP contribution in [0.15, 0.2) is 28.8 Å². The molecule has 1 saturated heterocycles. The molecule has 0 radical (unpaired) electrons. The van der Waals surface area contributed by atoms with Crippen LogP contribution < -0.4 is 9.64 Å². The Bertz CT molecular complexity index is 681. The number of amides is 1. The lowest BCUT2D eigenvalue weighted by molar-refractivity contribution is -0.117. The van der Waals surface area contributed by atoms with Crippen LogP contribution in [0.25, 0.3) is 0 Å². The van der Waals surface area contributed by atoms with Crippen molar-refractivity contribution in [2.24, 2.45) is 0 Å². The molecule has 0 bridgehead atoms. The van der Waals surface area contributed by atoms with Crippen LogP contribution in [0.4, 0.5) is 5.69 Å². The molecule has 1 atom stereocenters. The molecular weight excluding hydrogens is 282 g/mol. The highest BCUT2D eigenvalue weighted by Crippen LogP contribution is 2.32. The first kappa shape index (κ1) is 14.6. The van der Waals surface area contributed by atoms with Crippen molar-refractivity contribution in [2.75, 3.05) is 18.6 Å². The molecule has 1 aromatic heterocycles. The van der Waals surface area contributed by atoms with Crippen LogP contribution in [0.3, 0.4) is 0 Å². The van der Waals surface area contributed by atoms with Crippen LogP contribution in [0.1, 0.15) is 43.8 Å². The fraction of sp³-hybridized carbons (Fsp3) is 0.438. The largest absolute Gasteiger partial charge is 0.497 e. The minimum Gasteiger partial charge on any atom is -0.497 e. The van der Waals surface area contributed by atoms with Gasteiger partial charge in [0.1, 0.15) is 5.75 Å². The molecule has 2 heterocycles. The number of hydrogen-bond acceptors (Lipinski definition) is 5. The van der Waals surface area contributed by atoms with Crippen molar-refractivity contribution in [1.82, 2.24) is 10.1 Å². The summed E-state index contributed by atoms with van der Waals surface area (Å²) in [6.45, 7) is 4.57. The van der Waals surface area contributed by atoms with Crippen LogP contribution >= 0.6 is 0 Å². The number of carbonyl (C=O) groups is 1. The summed E-state index contributed by atoms with van der Waals surface area (Å²) in [6, 6.07) is 7.48. The zero-order valence-corrected chi connectivity index (χ0v) is 12.9. The van der Waals surface area contributed by atoms with Crippen LogP contribution in [0, 0.1) is 0 Å². The summed E-state index contributed by atoms with van der Waals surface area (Å²) in [6.07, 6.45) is 0.386. The third-order valence-corrected chi connectivity index (χ3v) is 3.81. The van der Waals surface area contributed by atoms with Crippen molar-refractivity contribution < 1.29 is 14.1 Å². The van der Waals surface area contributed by atoms with Crippen molar-refractivity contribution >= 4 is 11.6 Å². The second kappa shape index (κ2) is 5.79. The van der Waals surface area contributed by atoms with Crippen LogP contribution in [-0.4, -0.2) is 29.7 Å².